The quantitative estimate of drug-likeness (QED) is 0.593. The van der Waals surface area contributed by atoms with E-state index in [0.29, 0.717) is 16.6 Å². The molecular formula is C6H4ClIN4. The summed E-state index contributed by atoms with van der Waals surface area (Å²) in [4.78, 5) is 4.07. The van der Waals surface area contributed by atoms with Crippen LogP contribution in [0.25, 0.3) is 5.65 Å². The summed E-state index contributed by atoms with van der Waals surface area (Å²) in [6.07, 6.45) is 1.69. The Hall–Kier alpha value is -0.560. The van der Waals surface area contributed by atoms with Crippen LogP contribution in [-0.4, -0.2) is 14.6 Å². The molecule has 0 aromatic carbocycles. The third kappa shape index (κ3) is 1.13. The van der Waals surface area contributed by atoms with Gasteiger partial charge in [0.2, 0.25) is 0 Å². The molecule has 0 saturated carbocycles. The van der Waals surface area contributed by atoms with Crippen molar-refractivity contribution in [1.29, 1.82) is 0 Å². The van der Waals surface area contributed by atoms with Gasteiger partial charge in [-0.05, 0) is 22.6 Å². The Balaban J connectivity index is 2.92. The van der Waals surface area contributed by atoms with E-state index < -0.39 is 0 Å². The van der Waals surface area contributed by atoms with Gasteiger partial charge in [-0.2, -0.15) is 9.61 Å². The number of hydrogen-bond acceptors (Lipinski definition) is 3. The molecule has 0 unspecified atom stereocenters. The average Bonchev–Trinajstić information content (AvgIpc) is 2.33. The molecule has 0 fully saturated rings. The van der Waals surface area contributed by atoms with E-state index in [9.17, 15) is 0 Å². The SMILES string of the molecule is Nc1cc(Cl)nc2c(I)cnn12. The normalized spacial score (nSPS) is 10.8. The molecule has 0 aliphatic rings. The van der Waals surface area contributed by atoms with Crippen LogP contribution in [0.2, 0.25) is 5.15 Å². The molecule has 0 radical (unpaired) electrons. The van der Waals surface area contributed by atoms with Crippen LogP contribution >= 0.6 is 34.2 Å². The lowest BCUT2D eigenvalue weighted by Gasteiger charge is -1.98. The Morgan fingerprint density at radius 2 is 2.33 bits per heavy atom. The number of anilines is 1. The molecule has 0 amide bonds. The minimum atomic E-state index is 0.387. The van der Waals surface area contributed by atoms with Crippen LogP contribution in [0, 0.1) is 3.57 Å². The second kappa shape index (κ2) is 2.74. The summed E-state index contributed by atoms with van der Waals surface area (Å²) in [5, 5.41) is 4.41. The zero-order valence-electron chi connectivity index (χ0n) is 5.83. The highest BCUT2D eigenvalue weighted by molar-refractivity contribution is 14.1. The van der Waals surface area contributed by atoms with Crippen molar-refractivity contribution < 1.29 is 0 Å². The van der Waals surface area contributed by atoms with E-state index in [0.717, 1.165) is 3.57 Å². The summed E-state index contributed by atoms with van der Waals surface area (Å²) in [6, 6.07) is 1.57. The highest BCUT2D eigenvalue weighted by Crippen LogP contribution is 2.17. The van der Waals surface area contributed by atoms with Crippen LogP contribution < -0.4 is 5.73 Å². The van der Waals surface area contributed by atoms with Crippen LogP contribution in [0.3, 0.4) is 0 Å². The first-order valence-corrected chi connectivity index (χ1v) is 4.59. The lowest BCUT2D eigenvalue weighted by Crippen LogP contribution is -1.99. The summed E-state index contributed by atoms with van der Waals surface area (Å²) in [5.74, 6) is 0.493. The maximum Gasteiger partial charge on any atom is 0.172 e. The van der Waals surface area contributed by atoms with Gasteiger partial charge in [-0.25, -0.2) is 4.98 Å². The molecule has 0 aliphatic carbocycles. The van der Waals surface area contributed by atoms with E-state index in [1.165, 1.54) is 0 Å². The first-order valence-electron chi connectivity index (χ1n) is 3.14. The molecule has 4 nitrogen and oxygen atoms in total. The van der Waals surface area contributed by atoms with Crippen molar-refractivity contribution in [3.8, 4) is 0 Å². The van der Waals surface area contributed by atoms with Gasteiger partial charge >= 0.3 is 0 Å². The summed E-state index contributed by atoms with van der Waals surface area (Å²) >= 11 is 7.84. The summed E-state index contributed by atoms with van der Waals surface area (Å²) < 4.78 is 2.48. The van der Waals surface area contributed by atoms with E-state index in [1.54, 1.807) is 16.8 Å². The number of halogens is 2. The molecule has 0 atom stereocenters. The maximum absolute atomic E-state index is 5.72. The first-order chi connectivity index (χ1) is 5.68. The van der Waals surface area contributed by atoms with Crippen LogP contribution in [0.1, 0.15) is 0 Å². The van der Waals surface area contributed by atoms with E-state index in [-0.39, 0.29) is 0 Å². The predicted molar refractivity (Wildman–Crippen MR) is 55.1 cm³/mol. The average molecular weight is 294 g/mol. The molecule has 2 rings (SSSR count). The second-order valence-electron chi connectivity index (χ2n) is 2.23. The van der Waals surface area contributed by atoms with Gasteiger partial charge in [-0.1, -0.05) is 11.6 Å². The summed E-state index contributed by atoms with van der Waals surface area (Å²) in [5.41, 5.74) is 6.34. The van der Waals surface area contributed by atoms with Crippen molar-refractivity contribution in [2.75, 3.05) is 5.73 Å². The standard InChI is InChI=1S/C6H4ClIN4/c7-4-1-5(9)12-6(11-4)3(8)2-10-12/h1-2H,9H2. The van der Waals surface area contributed by atoms with Gasteiger partial charge in [0.25, 0.3) is 0 Å². The van der Waals surface area contributed by atoms with E-state index in [4.69, 9.17) is 17.3 Å². The van der Waals surface area contributed by atoms with Crippen LogP contribution in [0.15, 0.2) is 12.3 Å². The number of hydrogen-bond donors (Lipinski definition) is 1. The van der Waals surface area contributed by atoms with E-state index in [2.05, 4.69) is 32.7 Å². The van der Waals surface area contributed by atoms with Crippen LogP contribution in [0.4, 0.5) is 5.82 Å². The fourth-order valence-corrected chi connectivity index (χ4v) is 1.59. The van der Waals surface area contributed by atoms with Gasteiger partial charge in [-0.15, -0.1) is 0 Å². The Bertz CT molecular complexity index is 438. The van der Waals surface area contributed by atoms with E-state index in [1.807, 2.05) is 0 Å². The smallest absolute Gasteiger partial charge is 0.172 e. The molecule has 12 heavy (non-hydrogen) atoms. The fourth-order valence-electron chi connectivity index (χ4n) is 0.928. The monoisotopic (exact) mass is 294 g/mol. The molecule has 2 aromatic rings. The van der Waals surface area contributed by atoms with Crippen molar-refractivity contribution in [2.45, 2.75) is 0 Å². The molecule has 0 aliphatic heterocycles. The Morgan fingerprint density at radius 1 is 1.58 bits per heavy atom. The van der Waals surface area contributed by atoms with Gasteiger partial charge in [0, 0.05) is 6.07 Å². The fraction of sp³-hybridized carbons (Fsp3) is 0. The predicted octanol–water partition coefficient (Wildman–Crippen LogP) is 1.57. The zero-order valence-corrected chi connectivity index (χ0v) is 8.74. The second-order valence-corrected chi connectivity index (χ2v) is 3.78. The minimum Gasteiger partial charge on any atom is -0.383 e. The molecule has 2 heterocycles. The Morgan fingerprint density at radius 3 is 3.08 bits per heavy atom. The molecule has 2 N–H and O–H groups in total. The number of fused-ring (bicyclic) bond motifs is 1. The van der Waals surface area contributed by atoms with Gasteiger partial charge in [0.05, 0.1) is 9.77 Å². The number of aromatic nitrogens is 3. The van der Waals surface area contributed by atoms with Crippen molar-refractivity contribution in [1.82, 2.24) is 14.6 Å². The number of nitrogens with two attached hydrogens (primary N) is 1. The van der Waals surface area contributed by atoms with Crippen LogP contribution in [0.5, 0.6) is 0 Å². The molecule has 62 valence electrons. The van der Waals surface area contributed by atoms with Crippen molar-refractivity contribution in [3.63, 3.8) is 0 Å². The molecule has 0 bridgehead atoms. The van der Waals surface area contributed by atoms with Crippen molar-refractivity contribution in [3.05, 3.63) is 21.0 Å². The molecule has 0 spiro atoms. The Labute approximate surface area is 86.9 Å². The maximum atomic E-state index is 5.72. The summed E-state index contributed by atoms with van der Waals surface area (Å²) in [7, 11) is 0. The number of nitrogen functional groups attached to an aromatic ring is 1. The third-order valence-electron chi connectivity index (χ3n) is 1.43. The highest BCUT2D eigenvalue weighted by Gasteiger charge is 2.05. The van der Waals surface area contributed by atoms with Crippen molar-refractivity contribution in [2.24, 2.45) is 0 Å². The van der Waals surface area contributed by atoms with Gasteiger partial charge in [0.1, 0.15) is 11.0 Å². The summed E-state index contributed by atoms with van der Waals surface area (Å²) in [6.45, 7) is 0. The topological polar surface area (TPSA) is 56.2 Å². The lowest BCUT2D eigenvalue weighted by molar-refractivity contribution is 0.952. The molecule has 0 saturated heterocycles. The zero-order chi connectivity index (χ0) is 8.72. The van der Waals surface area contributed by atoms with Gasteiger partial charge < -0.3 is 5.73 Å². The van der Waals surface area contributed by atoms with Crippen molar-refractivity contribution >= 4 is 45.7 Å². The van der Waals surface area contributed by atoms with Crippen LogP contribution in [-0.2, 0) is 0 Å². The largest absolute Gasteiger partial charge is 0.383 e. The van der Waals surface area contributed by atoms with Gasteiger partial charge in [0.15, 0.2) is 5.65 Å². The van der Waals surface area contributed by atoms with Gasteiger partial charge in [-0.3, -0.25) is 0 Å². The Kier molecular flexibility index (Phi) is 1.84. The number of nitrogens with zero attached hydrogens (tertiary/aromatic N) is 3. The molecular weight excluding hydrogens is 290 g/mol. The third-order valence-corrected chi connectivity index (χ3v) is 2.38. The minimum absolute atomic E-state index is 0.387. The van der Waals surface area contributed by atoms with E-state index >= 15 is 0 Å². The molecule has 6 heteroatoms. The highest BCUT2D eigenvalue weighted by atomic mass is 127. The lowest BCUT2D eigenvalue weighted by atomic mass is 10.5. The number of rotatable bonds is 0. The first kappa shape index (κ1) is 8.06. The molecule has 2 aromatic heterocycles.